The number of carboxylic acid groups (broad SMARTS) is 1. The van der Waals surface area contributed by atoms with Gasteiger partial charge in [-0.2, -0.15) is 4.72 Å². The number of benzene rings is 1. The summed E-state index contributed by atoms with van der Waals surface area (Å²) in [6.07, 6.45) is 0.556. The first-order chi connectivity index (χ1) is 9.48. The van der Waals surface area contributed by atoms with Crippen LogP contribution in [0.5, 0.6) is 5.75 Å². The highest BCUT2D eigenvalue weighted by atomic mass is 32.3. The Kier molecular flexibility index (Phi) is 5.31. The van der Waals surface area contributed by atoms with Crippen LogP contribution in [0.1, 0.15) is 5.56 Å². The van der Waals surface area contributed by atoms with Crippen molar-refractivity contribution in [3.05, 3.63) is 29.8 Å². The predicted molar refractivity (Wildman–Crippen MR) is 75.0 cm³/mol. The van der Waals surface area contributed by atoms with E-state index in [0.717, 1.165) is 6.26 Å². The number of sulfonamides is 1. The normalized spacial score (nSPS) is 13.8. The third-order valence-electron chi connectivity index (χ3n) is 2.37. The highest BCUT2D eigenvalue weighted by molar-refractivity contribution is 8.06. The van der Waals surface area contributed by atoms with Gasteiger partial charge in [0.05, 0.1) is 0 Å². The van der Waals surface area contributed by atoms with Crippen molar-refractivity contribution in [3.63, 3.8) is 0 Å². The zero-order valence-corrected chi connectivity index (χ0v) is 12.7. The van der Waals surface area contributed by atoms with Crippen molar-refractivity contribution in [3.8, 4) is 5.75 Å². The number of nitrogens with one attached hydrogen (secondary N) is 1. The highest BCUT2D eigenvalue weighted by Crippen LogP contribution is 2.12. The Labute approximate surface area is 122 Å². The van der Waals surface area contributed by atoms with Crippen LogP contribution in [0, 0.1) is 0 Å². The molecule has 21 heavy (non-hydrogen) atoms. The van der Waals surface area contributed by atoms with E-state index in [1.807, 2.05) is 4.72 Å². The van der Waals surface area contributed by atoms with Gasteiger partial charge in [-0.15, -0.1) is 0 Å². The molecule has 0 aromatic heterocycles. The minimum atomic E-state index is -4.28. The van der Waals surface area contributed by atoms with Crippen molar-refractivity contribution in [2.24, 2.45) is 0 Å². The molecule has 0 saturated carbocycles. The van der Waals surface area contributed by atoms with Crippen molar-refractivity contribution >= 4 is 25.8 Å². The SMILES string of the molecule is CS(=O)(=O)CS(=O)(=O)NC(Cc1ccc(O)cc1)C(=O)O. The van der Waals surface area contributed by atoms with Crippen molar-refractivity contribution in [2.75, 3.05) is 11.3 Å². The van der Waals surface area contributed by atoms with Crippen molar-refractivity contribution in [2.45, 2.75) is 12.5 Å². The third kappa shape index (κ3) is 6.56. The topological polar surface area (TPSA) is 138 Å². The Bertz CT molecular complexity index is 707. The van der Waals surface area contributed by atoms with Crippen LogP contribution in [-0.2, 0) is 31.1 Å². The first-order valence-corrected chi connectivity index (χ1v) is 9.38. The average molecular weight is 337 g/mol. The van der Waals surface area contributed by atoms with Crippen LogP contribution >= 0.6 is 0 Å². The molecule has 0 heterocycles. The number of carbonyl (C=O) groups is 1. The van der Waals surface area contributed by atoms with Gasteiger partial charge >= 0.3 is 5.97 Å². The van der Waals surface area contributed by atoms with Gasteiger partial charge in [-0.05, 0) is 24.1 Å². The summed E-state index contributed by atoms with van der Waals surface area (Å²) in [5.74, 6) is -1.44. The van der Waals surface area contributed by atoms with Crippen LogP contribution in [-0.4, -0.2) is 50.4 Å². The lowest BCUT2D eigenvalue weighted by atomic mass is 10.1. The third-order valence-corrected chi connectivity index (χ3v) is 5.96. The molecule has 0 fully saturated rings. The van der Waals surface area contributed by atoms with Gasteiger partial charge in [0.2, 0.25) is 10.0 Å². The summed E-state index contributed by atoms with van der Waals surface area (Å²) in [7, 11) is -8.09. The molecule has 0 bridgehead atoms. The number of hydrogen-bond donors (Lipinski definition) is 3. The lowest BCUT2D eigenvalue weighted by Gasteiger charge is -2.14. The molecule has 1 rings (SSSR count). The monoisotopic (exact) mass is 337 g/mol. The molecule has 118 valence electrons. The number of phenols is 1. The van der Waals surface area contributed by atoms with Crippen LogP contribution in [0.25, 0.3) is 0 Å². The summed E-state index contributed by atoms with van der Waals surface area (Å²) in [4.78, 5) is 11.1. The van der Waals surface area contributed by atoms with E-state index in [0.29, 0.717) is 5.56 Å². The Morgan fingerprint density at radius 3 is 2.14 bits per heavy atom. The lowest BCUT2D eigenvalue weighted by Crippen LogP contribution is -2.44. The molecule has 1 aromatic carbocycles. The predicted octanol–water partition coefficient (Wildman–Crippen LogP) is -0.691. The maximum atomic E-state index is 11.6. The van der Waals surface area contributed by atoms with Crippen LogP contribution < -0.4 is 4.72 Å². The molecular weight excluding hydrogens is 322 g/mol. The molecule has 0 amide bonds. The minimum absolute atomic E-state index is 0.0108. The van der Waals surface area contributed by atoms with E-state index in [4.69, 9.17) is 10.2 Å². The summed E-state index contributed by atoms with van der Waals surface area (Å²) in [6.45, 7) is 0. The maximum absolute atomic E-state index is 11.6. The van der Waals surface area contributed by atoms with Crippen LogP contribution in [0.15, 0.2) is 24.3 Å². The van der Waals surface area contributed by atoms with Gasteiger partial charge in [-0.25, -0.2) is 16.8 Å². The molecule has 0 aliphatic carbocycles. The highest BCUT2D eigenvalue weighted by Gasteiger charge is 2.27. The second-order valence-electron chi connectivity index (χ2n) is 4.54. The fourth-order valence-corrected chi connectivity index (χ4v) is 4.72. The molecule has 0 spiro atoms. The molecule has 10 heteroatoms. The van der Waals surface area contributed by atoms with Crippen LogP contribution in [0.3, 0.4) is 0 Å². The zero-order valence-electron chi connectivity index (χ0n) is 11.1. The van der Waals surface area contributed by atoms with E-state index in [-0.39, 0.29) is 12.2 Å². The maximum Gasteiger partial charge on any atom is 0.322 e. The van der Waals surface area contributed by atoms with Crippen LogP contribution in [0.2, 0.25) is 0 Å². The summed E-state index contributed by atoms with van der Waals surface area (Å²) in [5.41, 5.74) is 0.474. The van der Waals surface area contributed by atoms with Crippen LogP contribution in [0.4, 0.5) is 0 Å². The number of carboxylic acids is 1. The molecule has 1 aromatic rings. The Morgan fingerprint density at radius 2 is 1.71 bits per heavy atom. The van der Waals surface area contributed by atoms with Crippen molar-refractivity contribution in [1.29, 1.82) is 0 Å². The molecule has 1 atom stereocenters. The number of aromatic hydroxyl groups is 1. The van der Waals surface area contributed by atoms with E-state index >= 15 is 0 Å². The number of sulfone groups is 1. The second-order valence-corrected chi connectivity index (χ2v) is 8.80. The zero-order chi connectivity index (χ0) is 16.3. The summed E-state index contributed by atoms with van der Waals surface area (Å²) in [6, 6.07) is 4.05. The molecular formula is C11H15NO7S2. The molecule has 3 N–H and O–H groups in total. The molecule has 0 radical (unpaired) electrons. The van der Waals surface area contributed by atoms with Gasteiger partial charge in [-0.3, -0.25) is 4.79 Å². The van der Waals surface area contributed by atoms with Gasteiger partial charge in [-0.1, -0.05) is 12.1 Å². The van der Waals surface area contributed by atoms with E-state index in [1.165, 1.54) is 24.3 Å². The molecule has 0 aliphatic heterocycles. The fourth-order valence-electron chi connectivity index (χ4n) is 1.58. The Balaban J connectivity index is 2.88. The second kappa shape index (κ2) is 6.41. The molecule has 1 unspecified atom stereocenters. The smallest absolute Gasteiger partial charge is 0.322 e. The van der Waals surface area contributed by atoms with Gasteiger partial charge in [0.1, 0.15) is 11.8 Å². The van der Waals surface area contributed by atoms with Crippen molar-refractivity contribution < 1.29 is 31.8 Å². The van der Waals surface area contributed by atoms with E-state index in [1.54, 1.807) is 0 Å². The van der Waals surface area contributed by atoms with Gasteiger partial charge in [0.25, 0.3) is 0 Å². The first kappa shape index (κ1) is 17.4. The van der Waals surface area contributed by atoms with E-state index in [2.05, 4.69) is 0 Å². The van der Waals surface area contributed by atoms with Gasteiger partial charge < -0.3 is 10.2 Å². The van der Waals surface area contributed by atoms with E-state index < -0.39 is 37.0 Å². The molecule has 0 aliphatic rings. The van der Waals surface area contributed by atoms with Gasteiger partial charge in [0, 0.05) is 6.26 Å². The fraction of sp³-hybridized carbons (Fsp3) is 0.364. The average Bonchev–Trinajstić information content (AvgIpc) is 2.27. The van der Waals surface area contributed by atoms with E-state index in [9.17, 15) is 21.6 Å². The van der Waals surface area contributed by atoms with Gasteiger partial charge in [0.15, 0.2) is 14.9 Å². The summed E-state index contributed by atoms with van der Waals surface area (Å²) in [5, 5.41) is 17.0. The Morgan fingerprint density at radius 1 is 1.19 bits per heavy atom. The minimum Gasteiger partial charge on any atom is -0.508 e. The molecule has 0 saturated heterocycles. The van der Waals surface area contributed by atoms with Crippen molar-refractivity contribution in [1.82, 2.24) is 4.72 Å². The number of rotatable bonds is 7. The summed E-state index contributed by atoms with van der Waals surface area (Å²) >= 11 is 0. The number of aliphatic carboxylic acids is 1. The largest absolute Gasteiger partial charge is 0.508 e. The quantitative estimate of drug-likeness (QED) is 0.598. The first-order valence-electron chi connectivity index (χ1n) is 5.67. The number of phenolic OH excluding ortho intramolecular Hbond substituents is 1. The standard InChI is InChI=1S/C11H15NO7S2/c1-20(16,17)7-21(18,19)12-10(11(14)15)6-8-2-4-9(13)5-3-8/h2-5,10,12-13H,6-7H2,1H3,(H,14,15). The Hall–Kier alpha value is -1.65. The number of hydrogen-bond acceptors (Lipinski definition) is 6. The lowest BCUT2D eigenvalue weighted by molar-refractivity contribution is -0.138. The summed E-state index contributed by atoms with van der Waals surface area (Å²) < 4.78 is 47.1. The molecule has 8 nitrogen and oxygen atoms in total.